The molecule has 2 aromatic rings. The average molecular weight is 305 g/mol. The van der Waals surface area contributed by atoms with Gasteiger partial charge in [-0.15, -0.1) is 11.3 Å². The molecule has 0 spiro atoms. The molecule has 1 atom stereocenters. The van der Waals surface area contributed by atoms with E-state index < -0.39 is 0 Å². The molecule has 1 N–H and O–H groups in total. The highest BCUT2D eigenvalue weighted by Crippen LogP contribution is 2.31. The van der Waals surface area contributed by atoms with Crippen LogP contribution in [0.3, 0.4) is 0 Å². The largest absolute Gasteiger partial charge is 0.493 e. The van der Waals surface area contributed by atoms with Gasteiger partial charge in [-0.1, -0.05) is 12.1 Å². The Hall–Kier alpha value is -1.52. The van der Waals surface area contributed by atoms with E-state index >= 15 is 0 Å². The van der Waals surface area contributed by atoms with Crippen LogP contribution in [-0.4, -0.2) is 21.3 Å². The number of rotatable bonds is 8. The molecule has 3 nitrogen and oxygen atoms in total. The van der Waals surface area contributed by atoms with E-state index in [1.807, 2.05) is 24.5 Å². The van der Waals surface area contributed by atoms with Crippen molar-refractivity contribution in [3.8, 4) is 11.5 Å². The first-order valence-electron chi connectivity index (χ1n) is 7.20. The Balaban J connectivity index is 1.99. The average Bonchev–Trinajstić information content (AvgIpc) is 3.04. The zero-order valence-electron chi connectivity index (χ0n) is 12.9. The molecule has 0 fully saturated rings. The Labute approximate surface area is 130 Å². The number of nitrogens with one attached hydrogen (secondary N) is 1. The number of hydrogen-bond donors (Lipinski definition) is 1. The predicted molar refractivity (Wildman–Crippen MR) is 88.6 cm³/mol. The van der Waals surface area contributed by atoms with Crippen molar-refractivity contribution in [2.45, 2.75) is 25.3 Å². The van der Waals surface area contributed by atoms with Gasteiger partial charge in [0.05, 0.1) is 14.2 Å². The molecule has 4 heteroatoms. The molecule has 0 aliphatic carbocycles. The summed E-state index contributed by atoms with van der Waals surface area (Å²) in [4.78, 5) is 1.46. The summed E-state index contributed by atoms with van der Waals surface area (Å²) < 4.78 is 10.7. The molecule has 0 aliphatic heterocycles. The standard InChI is InChI=1S/C17H23NO2S/c1-18-15(8-4-6-14-7-5-11-21-14)13-9-10-16(19-2)17(12-13)20-3/h5,7,9-12,15,18H,4,6,8H2,1-3H3. The van der Waals surface area contributed by atoms with Gasteiger partial charge >= 0.3 is 0 Å². The monoisotopic (exact) mass is 305 g/mol. The van der Waals surface area contributed by atoms with Crippen LogP contribution in [0.5, 0.6) is 11.5 Å². The number of thiophene rings is 1. The summed E-state index contributed by atoms with van der Waals surface area (Å²) in [5.74, 6) is 1.56. The van der Waals surface area contributed by atoms with Crippen molar-refractivity contribution >= 4 is 11.3 Å². The Morgan fingerprint density at radius 3 is 2.57 bits per heavy atom. The lowest BCUT2D eigenvalue weighted by molar-refractivity contribution is 0.353. The lowest BCUT2D eigenvalue weighted by Crippen LogP contribution is -2.16. The van der Waals surface area contributed by atoms with Crippen LogP contribution in [0.25, 0.3) is 0 Å². The molecule has 21 heavy (non-hydrogen) atoms. The van der Waals surface area contributed by atoms with Crippen LogP contribution in [0.15, 0.2) is 35.7 Å². The fourth-order valence-corrected chi connectivity index (χ4v) is 3.23. The second-order valence-corrected chi connectivity index (χ2v) is 5.96. The van der Waals surface area contributed by atoms with Gasteiger partial charge in [-0.2, -0.15) is 0 Å². The van der Waals surface area contributed by atoms with E-state index in [0.717, 1.165) is 24.3 Å². The van der Waals surface area contributed by atoms with Crippen LogP contribution < -0.4 is 14.8 Å². The van der Waals surface area contributed by atoms with E-state index in [1.165, 1.54) is 16.9 Å². The first-order chi connectivity index (χ1) is 10.3. The summed E-state index contributed by atoms with van der Waals surface area (Å²) in [6.07, 6.45) is 3.41. The topological polar surface area (TPSA) is 30.5 Å². The summed E-state index contributed by atoms with van der Waals surface area (Å²) in [7, 11) is 5.34. The van der Waals surface area contributed by atoms with Gasteiger partial charge in [-0.3, -0.25) is 0 Å². The maximum absolute atomic E-state index is 5.38. The van der Waals surface area contributed by atoms with Crippen molar-refractivity contribution in [1.29, 1.82) is 0 Å². The fourth-order valence-electron chi connectivity index (χ4n) is 2.48. The zero-order chi connectivity index (χ0) is 15.1. The number of hydrogen-bond acceptors (Lipinski definition) is 4. The van der Waals surface area contributed by atoms with Gasteiger partial charge in [0, 0.05) is 10.9 Å². The number of ether oxygens (including phenoxy) is 2. The maximum Gasteiger partial charge on any atom is 0.161 e. The minimum Gasteiger partial charge on any atom is -0.493 e. The van der Waals surface area contributed by atoms with E-state index in [1.54, 1.807) is 14.2 Å². The summed E-state index contributed by atoms with van der Waals surface area (Å²) in [6.45, 7) is 0. The molecule has 1 aromatic carbocycles. The molecule has 0 saturated heterocycles. The second kappa shape index (κ2) is 8.05. The summed E-state index contributed by atoms with van der Waals surface area (Å²) in [6, 6.07) is 10.8. The SMILES string of the molecule is CNC(CCCc1cccs1)c1ccc(OC)c(OC)c1. The van der Waals surface area contributed by atoms with Crippen molar-refractivity contribution in [1.82, 2.24) is 5.32 Å². The van der Waals surface area contributed by atoms with Gasteiger partial charge < -0.3 is 14.8 Å². The number of aryl methyl sites for hydroxylation is 1. The van der Waals surface area contributed by atoms with E-state index in [9.17, 15) is 0 Å². The third-order valence-corrected chi connectivity index (χ3v) is 4.59. The summed E-state index contributed by atoms with van der Waals surface area (Å²) >= 11 is 1.83. The Morgan fingerprint density at radius 1 is 1.14 bits per heavy atom. The Kier molecular flexibility index (Phi) is 6.08. The third kappa shape index (κ3) is 4.22. The molecule has 2 rings (SSSR count). The molecule has 1 unspecified atom stereocenters. The Bertz CT molecular complexity index is 540. The van der Waals surface area contributed by atoms with Crippen LogP contribution in [0.2, 0.25) is 0 Å². The van der Waals surface area contributed by atoms with Crippen LogP contribution in [-0.2, 0) is 6.42 Å². The lowest BCUT2D eigenvalue weighted by Gasteiger charge is -2.18. The molecule has 0 aliphatic rings. The lowest BCUT2D eigenvalue weighted by atomic mass is 10.0. The highest BCUT2D eigenvalue weighted by atomic mass is 32.1. The van der Waals surface area contributed by atoms with Crippen LogP contribution in [0.4, 0.5) is 0 Å². The smallest absolute Gasteiger partial charge is 0.161 e. The molecule has 114 valence electrons. The van der Waals surface area contributed by atoms with Gasteiger partial charge in [0.25, 0.3) is 0 Å². The Morgan fingerprint density at radius 2 is 1.95 bits per heavy atom. The van der Waals surface area contributed by atoms with Crippen LogP contribution in [0.1, 0.15) is 29.3 Å². The molecule has 0 saturated carbocycles. The number of benzene rings is 1. The zero-order valence-corrected chi connectivity index (χ0v) is 13.7. The molecular weight excluding hydrogens is 282 g/mol. The molecule has 0 radical (unpaired) electrons. The van der Waals surface area contributed by atoms with Crippen LogP contribution in [0, 0.1) is 0 Å². The fraction of sp³-hybridized carbons (Fsp3) is 0.412. The first kappa shape index (κ1) is 15.9. The van der Waals surface area contributed by atoms with Gasteiger partial charge in [-0.05, 0) is 55.5 Å². The predicted octanol–water partition coefficient (Wildman–Crippen LogP) is 4.05. The second-order valence-electron chi connectivity index (χ2n) is 4.93. The van der Waals surface area contributed by atoms with Gasteiger partial charge in [-0.25, -0.2) is 0 Å². The molecule has 0 amide bonds. The minimum atomic E-state index is 0.338. The molecule has 1 heterocycles. The van der Waals surface area contributed by atoms with E-state index in [0.29, 0.717) is 6.04 Å². The third-order valence-electron chi connectivity index (χ3n) is 3.65. The maximum atomic E-state index is 5.38. The quantitative estimate of drug-likeness (QED) is 0.798. The molecular formula is C17H23NO2S. The molecule has 0 bridgehead atoms. The van der Waals surface area contributed by atoms with E-state index in [2.05, 4.69) is 35.0 Å². The van der Waals surface area contributed by atoms with Crippen molar-refractivity contribution in [2.24, 2.45) is 0 Å². The van der Waals surface area contributed by atoms with Crippen molar-refractivity contribution in [2.75, 3.05) is 21.3 Å². The minimum absolute atomic E-state index is 0.338. The van der Waals surface area contributed by atoms with Crippen molar-refractivity contribution in [3.63, 3.8) is 0 Å². The highest BCUT2D eigenvalue weighted by molar-refractivity contribution is 7.09. The van der Waals surface area contributed by atoms with Gasteiger partial charge in [0.1, 0.15) is 0 Å². The summed E-state index contributed by atoms with van der Waals surface area (Å²) in [5.41, 5.74) is 1.24. The summed E-state index contributed by atoms with van der Waals surface area (Å²) in [5, 5.41) is 5.53. The van der Waals surface area contributed by atoms with Crippen molar-refractivity contribution in [3.05, 3.63) is 46.2 Å². The highest BCUT2D eigenvalue weighted by Gasteiger charge is 2.12. The van der Waals surface area contributed by atoms with Crippen molar-refractivity contribution < 1.29 is 9.47 Å². The van der Waals surface area contributed by atoms with E-state index in [-0.39, 0.29) is 0 Å². The molecule has 1 aromatic heterocycles. The number of methoxy groups -OCH3 is 2. The van der Waals surface area contributed by atoms with Gasteiger partial charge in [0.2, 0.25) is 0 Å². The normalized spacial score (nSPS) is 12.1. The van der Waals surface area contributed by atoms with Gasteiger partial charge in [0.15, 0.2) is 11.5 Å². The van der Waals surface area contributed by atoms with E-state index in [4.69, 9.17) is 9.47 Å². The van der Waals surface area contributed by atoms with Crippen LogP contribution >= 0.6 is 11.3 Å². The first-order valence-corrected chi connectivity index (χ1v) is 8.08.